The van der Waals surface area contributed by atoms with Crippen LogP contribution < -0.4 is 0 Å². The zero-order chi connectivity index (χ0) is 26.9. The third-order valence-electron chi connectivity index (χ3n) is 8.13. The molecule has 1 fully saturated rings. The van der Waals surface area contributed by atoms with Gasteiger partial charge in [0.15, 0.2) is 5.72 Å². The lowest BCUT2D eigenvalue weighted by Crippen LogP contribution is -2.64. The van der Waals surface area contributed by atoms with E-state index in [-0.39, 0.29) is 18.7 Å². The summed E-state index contributed by atoms with van der Waals surface area (Å²) >= 11 is 12.5. The van der Waals surface area contributed by atoms with E-state index in [0.717, 1.165) is 36.5 Å². The van der Waals surface area contributed by atoms with Gasteiger partial charge < -0.3 is 14.7 Å². The van der Waals surface area contributed by atoms with Gasteiger partial charge in [-0.15, -0.1) is 0 Å². The van der Waals surface area contributed by atoms with E-state index >= 15 is 0 Å². The van der Waals surface area contributed by atoms with Gasteiger partial charge in [-0.2, -0.15) is 0 Å². The average Bonchev–Trinajstić information content (AvgIpc) is 3.19. The molecule has 2 aliphatic heterocycles. The number of benzene rings is 2. The molecule has 2 aromatic carbocycles. The van der Waals surface area contributed by atoms with E-state index < -0.39 is 5.72 Å². The number of hydrogen-bond acceptors (Lipinski definition) is 6. The molecule has 6 nitrogen and oxygen atoms in total. The lowest BCUT2D eigenvalue weighted by molar-refractivity contribution is -0.204. The Morgan fingerprint density at radius 2 is 1.79 bits per heavy atom. The van der Waals surface area contributed by atoms with E-state index in [2.05, 4.69) is 70.1 Å². The fourth-order valence-corrected chi connectivity index (χ4v) is 6.76. The van der Waals surface area contributed by atoms with Crippen LogP contribution in [-0.2, 0) is 17.0 Å². The second-order valence-electron chi connectivity index (χ2n) is 10.4. The SMILES string of the molecule is COC1(C(CCO)N2CCN(C)C[C@@H]2C)c2ccccc2[C@@H](c2ccc(Cl)cc2)N1Cc1ccc(Cl)cn1. The number of pyridine rings is 1. The van der Waals surface area contributed by atoms with Crippen LogP contribution in [0.1, 0.15) is 41.8 Å². The molecule has 2 unspecified atom stereocenters. The highest BCUT2D eigenvalue weighted by Crippen LogP contribution is 2.53. The summed E-state index contributed by atoms with van der Waals surface area (Å²) in [5, 5.41) is 11.7. The maximum Gasteiger partial charge on any atom is 0.164 e. The summed E-state index contributed by atoms with van der Waals surface area (Å²) in [5.41, 5.74) is 3.52. The number of halogens is 2. The number of aliphatic hydroxyl groups excluding tert-OH is 1. The molecule has 3 aromatic rings. The van der Waals surface area contributed by atoms with Crippen LogP contribution in [0.2, 0.25) is 10.0 Å². The van der Waals surface area contributed by atoms with Crippen molar-refractivity contribution < 1.29 is 9.84 Å². The van der Waals surface area contributed by atoms with Crippen LogP contribution >= 0.6 is 23.2 Å². The van der Waals surface area contributed by atoms with Crippen molar-refractivity contribution in [2.45, 2.75) is 43.7 Å². The predicted octanol–water partition coefficient (Wildman–Crippen LogP) is 5.18. The maximum atomic E-state index is 10.4. The van der Waals surface area contributed by atoms with E-state index in [9.17, 15) is 5.11 Å². The molecule has 1 saturated heterocycles. The van der Waals surface area contributed by atoms with Crippen LogP contribution in [0.4, 0.5) is 0 Å². The summed E-state index contributed by atoms with van der Waals surface area (Å²) < 4.78 is 6.73. The normalized spacial score (nSPS) is 25.4. The third-order valence-corrected chi connectivity index (χ3v) is 8.61. The molecule has 0 amide bonds. The summed E-state index contributed by atoms with van der Waals surface area (Å²) in [6.07, 6.45) is 2.27. The van der Waals surface area contributed by atoms with E-state index in [1.807, 2.05) is 24.3 Å². The molecule has 1 N–H and O–H groups in total. The summed E-state index contributed by atoms with van der Waals surface area (Å²) in [5.74, 6) is 0. The largest absolute Gasteiger partial charge is 0.396 e. The topological polar surface area (TPSA) is 52.1 Å². The number of piperazine rings is 1. The molecule has 8 heteroatoms. The number of rotatable bonds is 8. The number of ether oxygens (including phenoxy) is 1. The maximum absolute atomic E-state index is 10.4. The second kappa shape index (κ2) is 11.6. The monoisotopic (exact) mass is 554 g/mol. The minimum atomic E-state index is -0.824. The summed E-state index contributed by atoms with van der Waals surface area (Å²) in [4.78, 5) is 12.0. The smallest absolute Gasteiger partial charge is 0.164 e. The number of aromatic nitrogens is 1. The molecular formula is C30H36Cl2N4O2. The second-order valence-corrected chi connectivity index (χ2v) is 11.3. The number of fused-ring (bicyclic) bond motifs is 1. The molecule has 3 heterocycles. The molecule has 202 valence electrons. The van der Waals surface area contributed by atoms with Crippen LogP contribution in [0.3, 0.4) is 0 Å². The average molecular weight is 556 g/mol. The van der Waals surface area contributed by atoms with Crippen molar-refractivity contribution in [3.63, 3.8) is 0 Å². The zero-order valence-corrected chi connectivity index (χ0v) is 23.7. The van der Waals surface area contributed by atoms with Crippen molar-refractivity contribution >= 4 is 23.2 Å². The van der Waals surface area contributed by atoms with Crippen LogP contribution in [0.5, 0.6) is 0 Å². The fourth-order valence-electron chi connectivity index (χ4n) is 6.52. The first-order chi connectivity index (χ1) is 18.4. The van der Waals surface area contributed by atoms with Crippen molar-refractivity contribution in [2.75, 3.05) is 40.4 Å². The summed E-state index contributed by atoms with van der Waals surface area (Å²) in [6, 6.07) is 20.6. The van der Waals surface area contributed by atoms with Crippen molar-refractivity contribution in [1.29, 1.82) is 0 Å². The van der Waals surface area contributed by atoms with Crippen LogP contribution in [0.25, 0.3) is 0 Å². The Labute approximate surface area is 235 Å². The van der Waals surface area contributed by atoms with Crippen molar-refractivity contribution in [3.8, 4) is 0 Å². The van der Waals surface area contributed by atoms with Crippen LogP contribution in [0.15, 0.2) is 66.9 Å². The number of methoxy groups -OCH3 is 1. The Balaban J connectivity index is 1.71. The Bertz CT molecular complexity index is 1230. The first-order valence-electron chi connectivity index (χ1n) is 13.2. The van der Waals surface area contributed by atoms with Crippen LogP contribution in [0, 0.1) is 0 Å². The molecular weight excluding hydrogens is 519 g/mol. The lowest BCUT2D eigenvalue weighted by Gasteiger charge is -2.52. The Kier molecular flexibility index (Phi) is 8.41. The molecule has 0 saturated carbocycles. The Hall–Kier alpha value is -2.03. The van der Waals surface area contributed by atoms with Crippen molar-refractivity contribution in [3.05, 3.63) is 99.3 Å². The van der Waals surface area contributed by atoms with Gasteiger partial charge in [0.25, 0.3) is 0 Å². The highest BCUT2D eigenvalue weighted by Gasteiger charge is 2.57. The van der Waals surface area contributed by atoms with Gasteiger partial charge in [-0.25, -0.2) is 0 Å². The third kappa shape index (κ3) is 5.00. The highest BCUT2D eigenvalue weighted by molar-refractivity contribution is 6.30. The van der Waals surface area contributed by atoms with Gasteiger partial charge in [0.05, 0.1) is 22.8 Å². The number of hydrogen-bond donors (Lipinski definition) is 1. The molecule has 0 bridgehead atoms. The van der Waals surface area contributed by atoms with Crippen LogP contribution in [-0.4, -0.2) is 77.3 Å². The molecule has 1 aromatic heterocycles. The van der Waals surface area contributed by atoms with Gasteiger partial charge >= 0.3 is 0 Å². The van der Waals surface area contributed by atoms with Crippen molar-refractivity contribution in [1.82, 2.24) is 19.7 Å². The van der Waals surface area contributed by atoms with Gasteiger partial charge in [0, 0.05) is 62.7 Å². The fraction of sp³-hybridized carbons (Fsp3) is 0.433. The van der Waals surface area contributed by atoms with E-state index in [4.69, 9.17) is 27.9 Å². The minimum Gasteiger partial charge on any atom is -0.396 e. The van der Waals surface area contributed by atoms with Gasteiger partial charge in [-0.1, -0.05) is 59.6 Å². The first kappa shape index (κ1) is 27.5. The Morgan fingerprint density at radius 1 is 1.05 bits per heavy atom. The number of likely N-dealkylation sites (N-methyl/N-ethyl adjacent to an activating group) is 1. The summed E-state index contributed by atoms with van der Waals surface area (Å²) in [6.45, 7) is 5.70. The van der Waals surface area contributed by atoms with Gasteiger partial charge in [0.2, 0.25) is 0 Å². The molecule has 2 aliphatic rings. The van der Waals surface area contributed by atoms with Gasteiger partial charge in [-0.3, -0.25) is 14.8 Å². The number of nitrogens with zero attached hydrogens (tertiary/aromatic N) is 4. The van der Waals surface area contributed by atoms with E-state index in [1.165, 1.54) is 5.56 Å². The molecule has 0 radical (unpaired) electrons. The molecule has 4 atom stereocenters. The lowest BCUT2D eigenvalue weighted by atomic mass is 9.88. The first-order valence-corrected chi connectivity index (χ1v) is 14.0. The van der Waals surface area contributed by atoms with E-state index in [0.29, 0.717) is 29.1 Å². The van der Waals surface area contributed by atoms with Gasteiger partial charge in [-0.05, 0) is 55.8 Å². The predicted molar refractivity (Wildman–Crippen MR) is 152 cm³/mol. The molecule has 5 rings (SSSR count). The standard InChI is InChI=1S/C30H36Cl2N4O2/c1-21-19-34(2)15-16-35(21)28(14-17-37)30(38-3)27-7-5-4-6-26(27)29(22-8-10-23(31)11-9-22)36(30)20-25-13-12-24(32)18-33-25/h4-13,18,21,28-29,37H,14-17,19-20H2,1-3H3/t21-,28?,29+,30?/m0/s1. The summed E-state index contributed by atoms with van der Waals surface area (Å²) in [7, 11) is 3.97. The highest BCUT2D eigenvalue weighted by atomic mass is 35.5. The Morgan fingerprint density at radius 3 is 2.45 bits per heavy atom. The molecule has 0 aliphatic carbocycles. The van der Waals surface area contributed by atoms with Gasteiger partial charge in [0.1, 0.15) is 0 Å². The van der Waals surface area contributed by atoms with Crippen molar-refractivity contribution in [2.24, 2.45) is 0 Å². The number of aliphatic hydroxyl groups is 1. The quantitative estimate of drug-likeness (QED) is 0.414. The van der Waals surface area contributed by atoms with E-state index in [1.54, 1.807) is 13.3 Å². The molecule has 0 spiro atoms. The zero-order valence-electron chi connectivity index (χ0n) is 22.2. The molecule has 38 heavy (non-hydrogen) atoms. The minimum absolute atomic E-state index is 0.0651.